The minimum Gasteiger partial charge on any atom is -0.377 e. The van der Waals surface area contributed by atoms with Crippen molar-refractivity contribution >= 4 is 28.6 Å². The number of carbonyl (C=O) groups is 1. The lowest BCUT2D eigenvalue weighted by Gasteiger charge is -2.17. The number of anilines is 2. The van der Waals surface area contributed by atoms with Crippen LogP contribution in [0.15, 0.2) is 18.2 Å². The molecule has 1 amide bonds. The maximum absolute atomic E-state index is 11.2. The van der Waals surface area contributed by atoms with E-state index in [1.54, 1.807) is 11.3 Å². The fraction of sp³-hybridized carbons (Fsp3) is 0.375. The molecule has 1 heterocycles. The van der Waals surface area contributed by atoms with Gasteiger partial charge in [0.05, 0.1) is 16.7 Å². The number of aryl methyl sites for hydroxylation is 3. The molecule has 5 heteroatoms. The molecule has 0 saturated heterocycles. The summed E-state index contributed by atoms with van der Waals surface area (Å²) in [4.78, 5) is 16.9. The molecule has 0 aliphatic carbocycles. The van der Waals surface area contributed by atoms with Gasteiger partial charge in [0.2, 0.25) is 5.91 Å². The van der Waals surface area contributed by atoms with E-state index in [1.807, 2.05) is 32.0 Å². The summed E-state index contributed by atoms with van der Waals surface area (Å²) in [6, 6.07) is 6.07. The van der Waals surface area contributed by atoms with Crippen LogP contribution in [-0.2, 0) is 4.79 Å². The Kier molecular flexibility index (Phi) is 4.63. The van der Waals surface area contributed by atoms with E-state index in [9.17, 15) is 4.79 Å². The lowest BCUT2D eigenvalue weighted by Crippen LogP contribution is -2.09. The Morgan fingerprint density at radius 1 is 1.29 bits per heavy atom. The second-order valence-corrected chi connectivity index (χ2v) is 6.49. The van der Waals surface area contributed by atoms with Crippen LogP contribution in [0.2, 0.25) is 0 Å². The molecule has 0 aliphatic heterocycles. The minimum atomic E-state index is -0.0632. The van der Waals surface area contributed by atoms with Gasteiger partial charge in [0, 0.05) is 23.2 Å². The first-order valence-corrected chi connectivity index (χ1v) is 7.77. The van der Waals surface area contributed by atoms with Gasteiger partial charge in [-0.1, -0.05) is 6.07 Å². The van der Waals surface area contributed by atoms with E-state index < -0.39 is 0 Å². The summed E-state index contributed by atoms with van der Waals surface area (Å²) in [7, 11) is 0. The van der Waals surface area contributed by atoms with Crippen LogP contribution in [0.3, 0.4) is 0 Å². The monoisotopic (exact) mass is 303 g/mol. The molecule has 0 radical (unpaired) electrons. The molecule has 0 bridgehead atoms. The molecule has 2 aromatic rings. The van der Waals surface area contributed by atoms with E-state index >= 15 is 0 Å². The van der Waals surface area contributed by atoms with Gasteiger partial charge in [0.25, 0.3) is 0 Å². The van der Waals surface area contributed by atoms with Gasteiger partial charge in [-0.15, -0.1) is 11.3 Å². The van der Waals surface area contributed by atoms with E-state index in [0.717, 1.165) is 27.6 Å². The second-order valence-electron chi connectivity index (χ2n) is 5.26. The van der Waals surface area contributed by atoms with Crippen LogP contribution in [0, 0.1) is 20.8 Å². The van der Waals surface area contributed by atoms with Crippen molar-refractivity contribution < 1.29 is 4.79 Å². The number of carbonyl (C=O) groups excluding carboxylic acids is 1. The number of thiazole rings is 1. The highest BCUT2D eigenvalue weighted by molar-refractivity contribution is 7.11. The summed E-state index contributed by atoms with van der Waals surface area (Å²) in [5.41, 5.74) is 4.06. The first-order valence-electron chi connectivity index (χ1n) is 6.95. The summed E-state index contributed by atoms with van der Waals surface area (Å²) in [5, 5.41) is 7.41. The maximum Gasteiger partial charge on any atom is 0.221 e. The van der Waals surface area contributed by atoms with Crippen molar-refractivity contribution in [2.45, 2.75) is 40.7 Å². The number of amides is 1. The van der Waals surface area contributed by atoms with Gasteiger partial charge in [0.1, 0.15) is 0 Å². The average molecular weight is 303 g/mol. The Morgan fingerprint density at radius 2 is 2.00 bits per heavy atom. The molecule has 1 aromatic heterocycles. The lowest BCUT2D eigenvalue weighted by atomic mass is 10.1. The summed E-state index contributed by atoms with van der Waals surface area (Å²) >= 11 is 1.72. The van der Waals surface area contributed by atoms with Crippen molar-refractivity contribution in [2.75, 3.05) is 10.6 Å². The molecule has 4 nitrogen and oxygen atoms in total. The highest BCUT2D eigenvalue weighted by Crippen LogP contribution is 2.29. The fourth-order valence-electron chi connectivity index (χ4n) is 2.31. The van der Waals surface area contributed by atoms with Gasteiger partial charge in [0.15, 0.2) is 0 Å². The van der Waals surface area contributed by atoms with Crippen LogP contribution in [0.4, 0.5) is 11.4 Å². The Hall–Kier alpha value is -1.88. The standard InChI is InChI=1S/C16H21N3OS/c1-9-6-7-14(19-12(4)20)8-15(9)18-11(3)16-10(2)17-13(5)21-16/h6-8,11,18H,1-5H3,(H,19,20). The number of aromatic nitrogens is 1. The van der Waals surface area contributed by atoms with Crippen LogP contribution >= 0.6 is 11.3 Å². The number of rotatable bonds is 4. The number of hydrogen-bond acceptors (Lipinski definition) is 4. The number of benzene rings is 1. The van der Waals surface area contributed by atoms with Crippen LogP contribution in [-0.4, -0.2) is 10.9 Å². The molecule has 0 spiro atoms. The Bertz CT molecular complexity index is 664. The van der Waals surface area contributed by atoms with Gasteiger partial charge in [-0.2, -0.15) is 0 Å². The first-order chi connectivity index (χ1) is 9.86. The quantitative estimate of drug-likeness (QED) is 0.890. The second kappa shape index (κ2) is 6.26. The largest absolute Gasteiger partial charge is 0.377 e. The highest BCUT2D eigenvalue weighted by Gasteiger charge is 2.14. The van der Waals surface area contributed by atoms with Crippen LogP contribution in [0.1, 0.15) is 41.0 Å². The van der Waals surface area contributed by atoms with Gasteiger partial charge in [-0.3, -0.25) is 4.79 Å². The third-order valence-corrected chi connectivity index (χ3v) is 4.52. The van der Waals surface area contributed by atoms with E-state index in [4.69, 9.17) is 0 Å². The van der Waals surface area contributed by atoms with Crippen LogP contribution in [0.5, 0.6) is 0 Å². The first kappa shape index (κ1) is 15.5. The van der Waals surface area contributed by atoms with E-state index in [1.165, 1.54) is 11.8 Å². The summed E-state index contributed by atoms with van der Waals surface area (Å²) in [6.45, 7) is 9.76. The Balaban J connectivity index is 2.22. The summed E-state index contributed by atoms with van der Waals surface area (Å²) < 4.78 is 0. The van der Waals surface area contributed by atoms with Crippen molar-refractivity contribution in [3.63, 3.8) is 0 Å². The molecule has 0 aliphatic rings. The zero-order valence-electron chi connectivity index (χ0n) is 13.1. The van der Waals surface area contributed by atoms with Crippen molar-refractivity contribution in [1.82, 2.24) is 4.98 Å². The molecule has 1 unspecified atom stereocenters. The smallest absolute Gasteiger partial charge is 0.221 e. The summed E-state index contributed by atoms with van der Waals surface area (Å²) in [6.07, 6.45) is 0. The fourth-order valence-corrected chi connectivity index (χ4v) is 3.24. The van der Waals surface area contributed by atoms with E-state index in [-0.39, 0.29) is 11.9 Å². The molecule has 0 saturated carbocycles. The molecular weight excluding hydrogens is 282 g/mol. The molecular formula is C16H21N3OS. The van der Waals surface area contributed by atoms with Crippen LogP contribution in [0.25, 0.3) is 0 Å². The number of hydrogen-bond donors (Lipinski definition) is 2. The maximum atomic E-state index is 11.2. The normalized spacial score (nSPS) is 12.0. The predicted octanol–water partition coefficient (Wildman–Crippen LogP) is 4.20. The SMILES string of the molecule is CC(=O)Nc1ccc(C)c(NC(C)c2sc(C)nc2C)c1. The van der Waals surface area contributed by atoms with E-state index in [2.05, 4.69) is 29.5 Å². The molecule has 2 N–H and O–H groups in total. The minimum absolute atomic E-state index is 0.0632. The molecule has 0 fully saturated rings. The molecule has 21 heavy (non-hydrogen) atoms. The van der Waals surface area contributed by atoms with Gasteiger partial charge in [-0.25, -0.2) is 4.98 Å². The number of nitrogens with one attached hydrogen (secondary N) is 2. The topological polar surface area (TPSA) is 54.0 Å². The number of nitrogens with zero attached hydrogens (tertiary/aromatic N) is 1. The van der Waals surface area contributed by atoms with Crippen molar-refractivity contribution in [3.05, 3.63) is 39.3 Å². The van der Waals surface area contributed by atoms with Crippen molar-refractivity contribution in [1.29, 1.82) is 0 Å². The molecule has 112 valence electrons. The average Bonchev–Trinajstić information content (AvgIpc) is 2.72. The van der Waals surface area contributed by atoms with Crippen molar-refractivity contribution in [3.8, 4) is 0 Å². The predicted molar refractivity (Wildman–Crippen MR) is 89.1 cm³/mol. The van der Waals surface area contributed by atoms with Gasteiger partial charge in [-0.05, 0) is 45.4 Å². The lowest BCUT2D eigenvalue weighted by molar-refractivity contribution is -0.114. The zero-order chi connectivity index (χ0) is 15.6. The molecule has 1 aromatic carbocycles. The van der Waals surface area contributed by atoms with E-state index in [0.29, 0.717) is 0 Å². The Morgan fingerprint density at radius 3 is 2.57 bits per heavy atom. The van der Waals surface area contributed by atoms with Crippen LogP contribution < -0.4 is 10.6 Å². The molecule has 1 atom stereocenters. The van der Waals surface area contributed by atoms with Gasteiger partial charge < -0.3 is 10.6 Å². The zero-order valence-corrected chi connectivity index (χ0v) is 13.9. The van der Waals surface area contributed by atoms with Gasteiger partial charge >= 0.3 is 0 Å². The third kappa shape index (κ3) is 3.82. The molecule has 2 rings (SSSR count). The third-order valence-electron chi connectivity index (χ3n) is 3.26. The highest BCUT2D eigenvalue weighted by atomic mass is 32.1. The summed E-state index contributed by atoms with van der Waals surface area (Å²) in [5.74, 6) is -0.0632. The Labute approximate surface area is 129 Å². The van der Waals surface area contributed by atoms with Crippen molar-refractivity contribution in [2.24, 2.45) is 0 Å².